The summed E-state index contributed by atoms with van der Waals surface area (Å²) in [6.07, 6.45) is 0. The average Bonchev–Trinajstić information content (AvgIpc) is 2.80. The maximum Gasteiger partial charge on any atom is 0.322 e. The van der Waals surface area contributed by atoms with E-state index in [4.69, 9.17) is 16.6 Å². The first-order valence-electron chi connectivity index (χ1n) is 10.2. The molecule has 2 amide bonds. The van der Waals surface area contributed by atoms with Crippen molar-refractivity contribution in [1.29, 1.82) is 0 Å². The second-order valence-electron chi connectivity index (χ2n) is 7.64. The largest absolute Gasteiger partial charge is 0.322 e. The standard InChI is InChI=1S/C25H23ClN4O2/c1-16-8-4-7-11-22(16)30-23(28-21-10-6-5-9-20(21)24(30)31)17(2)29(3)25(32)27-19-14-12-18(26)13-15-19/h4-15,17H,1-3H3,(H,27,32). The van der Waals surface area contributed by atoms with Crippen LogP contribution in [0.2, 0.25) is 5.02 Å². The number of fused-ring (bicyclic) bond motifs is 1. The average molecular weight is 447 g/mol. The SMILES string of the molecule is Cc1ccccc1-n1c(C(C)N(C)C(=O)Nc2ccc(Cl)cc2)nc2ccccc2c1=O. The van der Waals surface area contributed by atoms with E-state index in [2.05, 4.69) is 5.32 Å². The molecule has 3 aromatic carbocycles. The number of halogens is 1. The molecule has 0 spiro atoms. The summed E-state index contributed by atoms with van der Waals surface area (Å²) in [5, 5.41) is 3.97. The van der Waals surface area contributed by atoms with E-state index in [0.717, 1.165) is 11.3 Å². The predicted octanol–water partition coefficient (Wildman–Crippen LogP) is 5.57. The number of aromatic nitrogens is 2. The second-order valence-corrected chi connectivity index (χ2v) is 8.07. The molecular weight excluding hydrogens is 424 g/mol. The number of anilines is 1. The number of urea groups is 1. The Labute approximate surface area is 191 Å². The minimum absolute atomic E-state index is 0.168. The predicted molar refractivity (Wildman–Crippen MR) is 129 cm³/mol. The van der Waals surface area contributed by atoms with E-state index in [1.165, 1.54) is 4.90 Å². The highest BCUT2D eigenvalue weighted by molar-refractivity contribution is 6.30. The Balaban J connectivity index is 1.79. The molecule has 1 aromatic heterocycles. The van der Waals surface area contributed by atoms with Crippen LogP contribution < -0.4 is 10.9 Å². The summed E-state index contributed by atoms with van der Waals surface area (Å²) >= 11 is 5.93. The lowest BCUT2D eigenvalue weighted by Gasteiger charge is -2.27. The van der Waals surface area contributed by atoms with Crippen molar-refractivity contribution in [2.75, 3.05) is 12.4 Å². The van der Waals surface area contributed by atoms with E-state index < -0.39 is 6.04 Å². The molecule has 0 bridgehead atoms. The molecule has 0 saturated heterocycles. The normalized spacial score (nSPS) is 11.9. The number of para-hydroxylation sites is 2. The summed E-state index contributed by atoms with van der Waals surface area (Å²) in [5.41, 5.74) is 2.73. The molecule has 1 atom stereocenters. The number of nitrogens with zero attached hydrogens (tertiary/aromatic N) is 3. The maximum absolute atomic E-state index is 13.5. The molecule has 4 rings (SSSR count). The van der Waals surface area contributed by atoms with Gasteiger partial charge in [0, 0.05) is 17.8 Å². The fourth-order valence-electron chi connectivity index (χ4n) is 3.57. The van der Waals surface area contributed by atoms with Crippen LogP contribution in [0.5, 0.6) is 0 Å². The molecule has 0 aliphatic rings. The minimum Gasteiger partial charge on any atom is -0.318 e. The number of benzene rings is 3. The van der Waals surface area contributed by atoms with Gasteiger partial charge in [0.2, 0.25) is 0 Å². The highest BCUT2D eigenvalue weighted by Gasteiger charge is 2.24. The van der Waals surface area contributed by atoms with Crippen LogP contribution in [0.1, 0.15) is 24.4 Å². The van der Waals surface area contributed by atoms with Gasteiger partial charge >= 0.3 is 6.03 Å². The molecule has 0 aliphatic carbocycles. The zero-order chi connectivity index (χ0) is 22.8. The van der Waals surface area contributed by atoms with Crippen LogP contribution in [0.25, 0.3) is 16.6 Å². The van der Waals surface area contributed by atoms with Crippen LogP contribution in [-0.2, 0) is 0 Å². The van der Waals surface area contributed by atoms with Gasteiger partial charge in [-0.05, 0) is 61.9 Å². The number of rotatable bonds is 4. The van der Waals surface area contributed by atoms with Gasteiger partial charge < -0.3 is 10.2 Å². The highest BCUT2D eigenvalue weighted by Crippen LogP contribution is 2.24. The van der Waals surface area contributed by atoms with Crippen LogP contribution in [0, 0.1) is 6.92 Å². The molecule has 0 radical (unpaired) electrons. The molecule has 1 N–H and O–H groups in total. The first-order chi connectivity index (χ1) is 15.4. The van der Waals surface area contributed by atoms with E-state index in [-0.39, 0.29) is 11.6 Å². The van der Waals surface area contributed by atoms with E-state index in [1.54, 1.807) is 41.9 Å². The number of carbonyl (C=O) groups is 1. The molecule has 32 heavy (non-hydrogen) atoms. The number of hydrogen-bond acceptors (Lipinski definition) is 3. The van der Waals surface area contributed by atoms with Crippen molar-refractivity contribution in [3.05, 3.63) is 99.6 Å². The Morgan fingerprint density at radius 3 is 2.41 bits per heavy atom. The van der Waals surface area contributed by atoms with Gasteiger partial charge in [-0.2, -0.15) is 0 Å². The second kappa shape index (κ2) is 8.85. The highest BCUT2D eigenvalue weighted by atomic mass is 35.5. The lowest BCUT2D eigenvalue weighted by atomic mass is 10.1. The van der Waals surface area contributed by atoms with Gasteiger partial charge in [-0.1, -0.05) is 41.9 Å². The summed E-state index contributed by atoms with van der Waals surface area (Å²) in [6, 6.07) is 21.0. The molecule has 0 fully saturated rings. The fourth-order valence-corrected chi connectivity index (χ4v) is 3.70. The van der Waals surface area contributed by atoms with Crippen molar-refractivity contribution in [2.24, 2.45) is 0 Å². The molecule has 162 valence electrons. The summed E-state index contributed by atoms with van der Waals surface area (Å²) in [7, 11) is 1.68. The quantitative estimate of drug-likeness (QED) is 0.445. The van der Waals surface area contributed by atoms with E-state index >= 15 is 0 Å². The van der Waals surface area contributed by atoms with Gasteiger partial charge in [-0.25, -0.2) is 9.78 Å². The third-order valence-electron chi connectivity index (χ3n) is 5.53. The molecule has 1 heterocycles. The molecule has 4 aromatic rings. The van der Waals surface area contributed by atoms with Crippen LogP contribution in [0.4, 0.5) is 10.5 Å². The van der Waals surface area contributed by atoms with E-state index in [1.807, 2.05) is 56.3 Å². The van der Waals surface area contributed by atoms with Gasteiger partial charge in [0.1, 0.15) is 5.82 Å². The maximum atomic E-state index is 13.5. The van der Waals surface area contributed by atoms with E-state index in [0.29, 0.717) is 27.4 Å². The smallest absolute Gasteiger partial charge is 0.318 e. The summed E-state index contributed by atoms with van der Waals surface area (Å²) < 4.78 is 1.61. The van der Waals surface area contributed by atoms with E-state index in [9.17, 15) is 9.59 Å². The van der Waals surface area contributed by atoms with Crippen molar-refractivity contribution in [3.8, 4) is 5.69 Å². The zero-order valence-electron chi connectivity index (χ0n) is 18.0. The number of nitrogens with one attached hydrogen (secondary N) is 1. The number of hydrogen-bond donors (Lipinski definition) is 1. The molecular formula is C25H23ClN4O2. The van der Waals surface area contributed by atoms with Gasteiger partial charge in [0.05, 0.1) is 22.6 Å². The van der Waals surface area contributed by atoms with Gasteiger partial charge in [0.15, 0.2) is 0 Å². The summed E-state index contributed by atoms with van der Waals surface area (Å²) in [5.74, 6) is 0.483. The monoisotopic (exact) mass is 446 g/mol. The molecule has 1 unspecified atom stereocenters. The molecule has 0 aliphatic heterocycles. The van der Waals surface area contributed by atoms with Crippen LogP contribution in [-0.4, -0.2) is 27.5 Å². The molecule has 7 heteroatoms. The van der Waals surface area contributed by atoms with Crippen LogP contribution in [0.3, 0.4) is 0 Å². The minimum atomic E-state index is -0.487. The number of carbonyl (C=O) groups excluding carboxylic acids is 1. The topological polar surface area (TPSA) is 67.2 Å². The Kier molecular flexibility index (Phi) is 5.97. The van der Waals surface area contributed by atoms with Crippen molar-refractivity contribution >= 4 is 34.2 Å². The van der Waals surface area contributed by atoms with Crippen LogP contribution >= 0.6 is 11.6 Å². The third-order valence-corrected chi connectivity index (χ3v) is 5.78. The Morgan fingerprint density at radius 1 is 1.03 bits per heavy atom. The van der Waals surface area contributed by atoms with Crippen molar-refractivity contribution < 1.29 is 4.79 Å². The molecule has 0 saturated carbocycles. The van der Waals surface area contributed by atoms with Crippen LogP contribution in [0.15, 0.2) is 77.6 Å². The fraction of sp³-hybridized carbons (Fsp3) is 0.160. The number of aryl methyl sites for hydroxylation is 1. The Morgan fingerprint density at radius 2 is 1.69 bits per heavy atom. The number of amides is 2. The van der Waals surface area contributed by atoms with Crippen molar-refractivity contribution in [3.63, 3.8) is 0 Å². The first-order valence-corrected chi connectivity index (χ1v) is 10.6. The van der Waals surface area contributed by atoms with Gasteiger partial charge in [0.25, 0.3) is 5.56 Å². The Bertz CT molecular complexity index is 1350. The molecule has 6 nitrogen and oxygen atoms in total. The lowest BCUT2D eigenvalue weighted by Crippen LogP contribution is -2.37. The first kappa shape index (κ1) is 21.6. The zero-order valence-corrected chi connectivity index (χ0v) is 18.8. The lowest BCUT2D eigenvalue weighted by molar-refractivity contribution is 0.205. The Hall–Kier alpha value is -3.64. The van der Waals surface area contributed by atoms with Crippen molar-refractivity contribution in [2.45, 2.75) is 19.9 Å². The summed E-state index contributed by atoms with van der Waals surface area (Å²) in [4.78, 5) is 32.8. The van der Waals surface area contributed by atoms with Gasteiger partial charge in [-0.3, -0.25) is 9.36 Å². The van der Waals surface area contributed by atoms with Gasteiger partial charge in [-0.15, -0.1) is 0 Å². The summed E-state index contributed by atoms with van der Waals surface area (Å²) in [6.45, 7) is 3.80. The third kappa shape index (κ3) is 4.09. The van der Waals surface area contributed by atoms with Crippen molar-refractivity contribution in [1.82, 2.24) is 14.5 Å².